The fourth-order valence-electron chi connectivity index (χ4n) is 2.51. The molecule has 22 heavy (non-hydrogen) atoms. The third-order valence-electron chi connectivity index (χ3n) is 3.79. The van der Waals surface area contributed by atoms with Crippen molar-refractivity contribution >= 4 is 23.3 Å². The van der Waals surface area contributed by atoms with E-state index in [-0.39, 0.29) is 25.5 Å². The van der Waals surface area contributed by atoms with Crippen LogP contribution in [-0.4, -0.2) is 49.3 Å². The second-order valence-electron chi connectivity index (χ2n) is 5.70. The lowest BCUT2D eigenvalue weighted by atomic mass is 10.1. The number of hydrogen-bond acceptors (Lipinski definition) is 4. The molecule has 0 spiro atoms. The van der Waals surface area contributed by atoms with Crippen molar-refractivity contribution in [1.82, 2.24) is 10.2 Å². The summed E-state index contributed by atoms with van der Waals surface area (Å²) in [6.45, 7) is 2.55. The summed E-state index contributed by atoms with van der Waals surface area (Å²) in [6, 6.07) is 3.74. The minimum absolute atomic E-state index is 0.0160. The molecule has 7 heteroatoms. The Balaban J connectivity index is 1.77. The van der Waals surface area contributed by atoms with E-state index >= 15 is 0 Å². The number of nitrogens with zero attached hydrogens (tertiary/aromatic N) is 1. The van der Waals surface area contributed by atoms with Gasteiger partial charge in [-0.3, -0.25) is 0 Å². The monoisotopic (exact) mass is 328 g/mol. The van der Waals surface area contributed by atoms with Crippen molar-refractivity contribution in [3.63, 3.8) is 0 Å². The Labute approximate surface area is 133 Å². The van der Waals surface area contributed by atoms with Crippen LogP contribution in [-0.2, 0) is 16.0 Å². The first-order valence-corrected chi connectivity index (χ1v) is 8.15. The Morgan fingerprint density at radius 2 is 2.36 bits per heavy atom. The molecule has 0 aromatic carbocycles. The van der Waals surface area contributed by atoms with E-state index in [9.17, 15) is 14.0 Å². The summed E-state index contributed by atoms with van der Waals surface area (Å²) in [5.41, 5.74) is -2.07. The van der Waals surface area contributed by atoms with Crippen LogP contribution in [0.1, 0.15) is 18.2 Å². The number of alkyl halides is 1. The van der Waals surface area contributed by atoms with Gasteiger partial charge in [0.05, 0.1) is 13.7 Å². The molecule has 0 unspecified atom stereocenters. The molecule has 1 aliphatic heterocycles. The third-order valence-corrected chi connectivity index (χ3v) is 4.69. The highest BCUT2D eigenvalue weighted by molar-refractivity contribution is 7.09. The molecule has 2 amide bonds. The number of thiophene rings is 1. The van der Waals surface area contributed by atoms with E-state index in [0.717, 1.165) is 13.5 Å². The average Bonchev–Trinajstić information content (AvgIpc) is 3.14. The van der Waals surface area contributed by atoms with Crippen LogP contribution in [0.15, 0.2) is 17.5 Å². The maximum absolute atomic E-state index is 14.3. The summed E-state index contributed by atoms with van der Waals surface area (Å²) in [6.07, 6.45) is 0.880. The number of urea groups is 1. The van der Waals surface area contributed by atoms with E-state index in [4.69, 9.17) is 0 Å². The van der Waals surface area contributed by atoms with Crippen molar-refractivity contribution in [3.05, 3.63) is 22.4 Å². The highest BCUT2D eigenvalue weighted by atomic mass is 32.1. The fourth-order valence-corrected chi connectivity index (χ4v) is 3.38. The van der Waals surface area contributed by atoms with Crippen molar-refractivity contribution in [2.45, 2.75) is 25.4 Å². The molecule has 1 aromatic heterocycles. The molecule has 1 N–H and O–H groups in total. The van der Waals surface area contributed by atoms with Crippen LogP contribution in [0.2, 0.25) is 0 Å². The number of halogens is 1. The Hall–Kier alpha value is -1.63. The first-order valence-electron chi connectivity index (χ1n) is 7.27. The molecule has 0 saturated carbocycles. The van der Waals surface area contributed by atoms with Crippen molar-refractivity contribution < 1.29 is 18.7 Å². The molecule has 2 heterocycles. The molecule has 1 saturated heterocycles. The normalized spacial score (nSPS) is 22.4. The number of hydrogen-bond donors (Lipinski definition) is 1. The molecule has 1 fully saturated rings. The summed E-state index contributed by atoms with van der Waals surface area (Å²) >= 11 is 1.69. The molecule has 1 aliphatic rings. The van der Waals surface area contributed by atoms with Crippen molar-refractivity contribution in [3.8, 4) is 0 Å². The fraction of sp³-hybridized carbons (Fsp3) is 0.600. The lowest BCUT2D eigenvalue weighted by molar-refractivity contribution is -0.153. The standard InChI is InChI=1S/C15H21FN2O3S/c1-11(8-12-4-3-7-22-12)9-17-14(20)18-6-5-15(16,10-18)13(19)21-2/h3-4,7,11H,5-6,8-10H2,1-2H3,(H,17,20)/t11-,15+/m1/s1. The molecule has 2 rings (SSSR count). The smallest absolute Gasteiger partial charge is 0.345 e. The second kappa shape index (κ2) is 7.09. The average molecular weight is 328 g/mol. The minimum atomic E-state index is -2.07. The third kappa shape index (κ3) is 3.97. The van der Waals surface area contributed by atoms with Crippen LogP contribution in [0.3, 0.4) is 0 Å². The van der Waals surface area contributed by atoms with Crippen LogP contribution < -0.4 is 5.32 Å². The minimum Gasteiger partial charge on any atom is -0.467 e. The molecule has 0 bridgehead atoms. The summed E-state index contributed by atoms with van der Waals surface area (Å²) in [4.78, 5) is 26.0. The number of carbonyl (C=O) groups is 2. The number of ether oxygens (including phenoxy) is 1. The molecular weight excluding hydrogens is 307 g/mol. The van der Waals surface area contributed by atoms with Gasteiger partial charge in [-0.15, -0.1) is 11.3 Å². The summed E-state index contributed by atoms with van der Waals surface area (Å²) in [5.74, 6) is -0.616. The van der Waals surface area contributed by atoms with Crippen LogP contribution in [0, 0.1) is 5.92 Å². The van der Waals surface area contributed by atoms with Gasteiger partial charge in [0.2, 0.25) is 5.67 Å². The van der Waals surface area contributed by atoms with Crippen molar-refractivity contribution in [2.75, 3.05) is 26.7 Å². The number of likely N-dealkylation sites (tertiary alicyclic amines) is 1. The van der Waals surface area contributed by atoms with E-state index in [0.29, 0.717) is 12.5 Å². The van der Waals surface area contributed by atoms with E-state index in [1.54, 1.807) is 11.3 Å². The first kappa shape index (κ1) is 16.7. The zero-order valence-electron chi connectivity index (χ0n) is 12.8. The highest BCUT2D eigenvalue weighted by Crippen LogP contribution is 2.27. The predicted molar refractivity (Wildman–Crippen MR) is 82.6 cm³/mol. The van der Waals surface area contributed by atoms with Crippen LogP contribution in [0.4, 0.5) is 9.18 Å². The molecular formula is C15H21FN2O3S. The van der Waals surface area contributed by atoms with Crippen LogP contribution in [0.25, 0.3) is 0 Å². The number of rotatable bonds is 5. The first-order chi connectivity index (χ1) is 10.4. The Kier molecular flexibility index (Phi) is 5.39. The molecule has 1 aromatic rings. The van der Waals surface area contributed by atoms with Gasteiger partial charge < -0.3 is 15.0 Å². The topological polar surface area (TPSA) is 58.6 Å². The van der Waals surface area contributed by atoms with Gasteiger partial charge in [-0.2, -0.15) is 0 Å². The number of nitrogens with one attached hydrogen (secondary N) is 1. The van der Waals surface area contributed by atoms with Crippen molar-refractivity contribution in [1.29, 1.82) is 0 Å². The Morgan fingerprint density at radius 3 is 3.00 bits per heavy atom. The van der Waals surface area contributed by atoms with E-state index in [1.165, 1.54) is 9.78 Å². The molecule has 5 nitrogen and oxygen atoms in total. The predicted octanol–water partition coefficient (Wildman–Crippen LogP) is 2.22. The Morgan fingerprint density at radius 1 is 1.59 bits per heavy atom. The lowest BCUT2D eigenvalue weighted by Gasteiger charge is -2.20. The van der Waals surface area contributed by atoms with Gasteiger partial charge in [0.1, 0.15) is 0 Å². The quantitative estimate of drug-likeness (QED) is 0.843. The van der Waals surface area contributed by atoms with Gasteiger partial charge in [0.15, 0.2) is 0 Å². The molecule has 122 valence electrons. The molecule has 0 radical (unpaired) electrons. The Bertz CT molecular complexity index is 523. The molecule has 0 aliphatic carbocycles. The van der Waals surface area contributed by atoms with Crippen molar-refractivity contribution in [2.24, 2.45) is 5.92 Å². The SMILES string of the molecule is COC(=O)[C@]1(F)CCN(C(=O)NC[C@H](C)Cc2cccs2)C1. The number of amides is 2. The van der Waals surface area contributed by atoms with Gasteiger partial charge in [0.25, 0.3) is 0 Å². The highest BCUT2D eigenvalue weighted by Gasteiger charge is 2.47. The van der Waals surface area contributed by atoms with Gasteiger partial charge in [-0.05, 0) is 23.8 Å². The van der Waals surface area contributed by atoms with Crippen LogP contribution in [0.5, 0.6) is 0 Å². The number of esters is 1. The summed E-state index contributed by atoms with van der Waals surface area (Å²) in [7, 11) is 1.15. The largest absolute Gasteiger partial charge is 0.467 e. The maximum Gasteiger partial charge on any atom is 0.345 e. The van der Waals surface area contributed by atoms with Gasteiger partial charge >= 0.3 is 12.0 Å². The number of methoxy groups -OCH3 is 1. The zero-order chi connectivity index (χ0) is 16.2. The van der Waals surface area contributed by atoms with Crippen LogP contribution >= 0.6 is 11.3 Å². The second-order valence-corrected chi connectivity index (χ2v) is 6.74. The van der Waals surface area contributed by atoms with E-state index in [1.807, 2.05) is 11.4 Å². The maximum atomic E-state index is 14.3. The van der Waals surface area contributed by atoms with E-state index in [2.05, 4.69) is 23.0 Å². The lowest BCUT2D eigenvalue weighted by Crippen LogP contribution is -2.44. The summed E-state index contributed by atoms with van der Waals surface area (Å²) < 4.78 is 18.7. The summed E-state index contributed by atoms with van der Waals surface area (Å²) in [5, 5.41) is 4.83. The zero-order valence-corrected chi connectivity index (χ0v) is 13.6. The van der Waals surface area contributed by atoms with Gasteiger partial charge in [-0.25, -0.2) is 14.0 Å². The molecule has 2 atom stereocenters. The van der Waals surface area contributed by atoms with E-state index < -0.39 is 11.6 Å². The van der Waals surface area contributed by atoms with Gasteiger partial charge in [0, 0.05) is 24.4 Å². The number of carbonyl (C=O) groups excluding carboxylic acids is 2. The van der Waals surface area contributed by atoms with Gasteiger partial charge in [-0.1, -0.05) is 13.0 Å².